The zero-order valence-electron chi connectivity index (χ0n) is 16.1. The molecule has 0 aliphatic carbocycles. The molecule has 0 bridgehead atoms. The molecule has 1 heterocycles. The molecule has 154 valence electrons. The van der Waals surface area contributed by atoms with Gasteiger partial charge in [0.05, 0.1) is 23.0 Å². The zero-order chi connectivity index (χ0) is 21.2. The molecule has 3 aromatic rings. The Morgan fingerprint density at radius 2 is 1.74 bits per heavy atom. The predicted octanol–water partition coefficient (Wildman–Crippen LogP) is -1.07. The van der Waals surface area contributed by atoms with Crippen molar-refractivity contribution in [1.29, 1.82) is 0 Å². The van der Waals surface area contributed by atoms with Crippen LogP contribution < -0.4 is 39.8 Å². The van der Waals surface area contributed by atoms with Gasteiger partial charge in [0.15, 0.2) is 0 Å². The summed E-state index contributed by atoms with van der Waals surface area (Å²) in [4.78, 5) is 11.4. The number of aromatic nitrogens is 2. The molecule has 1 N–H and O–H groups in total. The van der Waals surface area contributed by atoms with Gasteiger partial charge in [-0.2, -0.15) is 13.5 Å². The quantitative estimate of drug-likeness (QED) is 0.191. The van der Waals surface area contributed by atoms with E-state index in [2.05, 4.69) is 15.3 Å². The average molecular weight is 507 g/mol. The number of nitrogens with zero attached hydrogens (tertiary/aromatic N) is 4. The van der Waals surface area contributed by atoms with Crippen LogP contribution in [0.15, 0.2) is 63.7 Å². The van der Waals surface area contributed by atoms with Gasteiger partial charge in [-0.3, -0.25) is 4.55 Å². The van der Waals surface area contributed by atoms with Gasteiger partial charge in [-0.05, 0) is 37.3 Å². The molecule has 0 saturated heterocycles. The van der Waals surface area contributed by atoms with E-state index in [0.717, 1.165) is 4.68 Å². The van der Waals surface area contributed by atoms with Crippen LogP contribution >= 0.6 is 10.8 Å². The van der Waals surface area contributed by atoms with E-state index in [0.29, 0.717) is 5.69 Å². The van der Waals surface area contributed by atoms with Crippen molar-refractivity contribution in [1.82, 2.24) is 9.78 Å². The molecule has 1 aromatic heterocycles. The van der Waals surface area contributed by atoms with Gasteiger partial charge in [-0.25, -0.2) is 4.68 Å². The van der Waals surface area contributed by atoms with Gasteiger partial charge in [0, 0.05) is 27.1 Å². The molecule has 0 fully saturated rings. The van der Waals surface area contributed by atoms with Crippen LogP contribution in [0, 0.1) is 6.92 Å². The van der Waals surface area contributed by atoms with Crippen molar-refractivity contribution in [2.24, 2.45) is 10.2 Å². The molecule has 3 rings (SSSR count). The van der Waals surface area contributed by atoms with Gasteiger partial charge in [0.2, 0.25) is 0 Å². The fourth-order valence-electron chi connectivity index (χ4n) is 2.39. The molecule has 0 spiro atoms. The van der Waals surface area contributed by atoms with E-state index in [-0.39, 0.29) is 85.2 Å². The van der Waals surface area contributed by atoms with Gasteiger partial charge in [0.1, 0.15) is 5.69 Å². The monoisotopic (exact) mass is 507 g/mol. The van der Waals surface area contributed by atoms with E-state index in [1.165, 1.54) is 42.5 Å². The minimum Gasteiger partial charge on any atom is -0.857 e. The summed E-state index contributed by atoms with van der Waals surface area (Å²) < 4.78 is 31.7. The smallest absolute Gasteiger partial charge is 0.857 e. The Morgan fingerprint density at radius 3 is 2.32 bits per heavy atom. The van der Waals surface area contributed by atoms with Crippen LogP contribution in [-0.4, -0.2) is 28.7 Å². The minimum absolute atomic E-state index is 0. The summed E-state index contributed by atoms with van der Waals surface area (Å²) in [5.41, 5.74) is 0.399. The number of hydrogen-bond acceptors (Lipinski definition) is 9. The second-order valence-corrected chi connectivity index (χ2v) is 8.92. The predicted molar refractivity (Wildman–Crippen MR) is 100 cm³/mol. The SMILES string of the molecule is Cc1nn(-c2ccc(SS(=O)(=O)O)cc2)c([O-])c1N=Nc1ccccc1C(=O)[O-].[Cr+2].[Na+]. The maximum atomic E-state index is 12.6. The fourth-order valence-corrected chi connectivity index (χ4v) is 3.94. The molecule has 0 radical (unpaired) electrons. The number of azo groups is 1. The normalized spacial score (nSPS) is 11.0. The number of rotatable bonds is 6. The second-order valence-electron chi connectivity index (χ2n) is 5.66. The van der Waals surface area contributed by atoms with Gasteiger partial charge < -0.3 is 15.0 Å². The van der Waals surface area contributed by atoms with Gasteiger partial charge in [-0.15, -0.1) is 10.2 Å². The molecule has 14 heteroatoms. The van der Waals surface area contributed by atoms with Crippen LogP contribution in [0.3, 0.4) is 0 Å². The number of hydrogen-bond donors (Lipinski definition) is 1. The van der Waals surface area contributed by atoms with Crippen molar-refractivity contribution >= 4 is 37.3 Å². The van der Waals surface area contributed by atoms with E-state index < -0.39 is 21.0 Å². The first-order valence-electron chi connectivity index (χ1n) is 7.92. The molecule has 2 aromatic carbocycles. The largest absolute Gasteiger partial charge is 2.00 e. The number of benzene rings is 2. The number of aryl methyl sites for hydroxylation is 1. The Bertz CT molecular complexity index is 1220. The summed E-state index contributed by atoms with van der Waals surface area (Å²) in [6, 6.07) is 11.5. The summed E-state index contributed by atoms with van der Waals surface area (Å²) in [6.07, 6.45) is 0. The second kappa shape index (κ2) is 11.3. The Labute approximate surface area is 214 Å². The molecule has 31 heavy (non-hydrogen) atoms. The van der Waals surface area contributed by atoms with Crippen LogP contribution in [0.2, 0.25) is 0 Å². The average Bonchev–Trinajstić information content (AvgIpc) is 2.93. The van der Waals surface area contributed by atoms with E-state index in [4.69, 9.17) is 4.55 Å². The third kappa shape index (κ3) is 6.90. The zero-order valence-corrected chi connectivity index (χ0v) is 21.0. The molecule has 0 saturated carbocycles. The Balaban J connectivity index is 0.00000240. The topological polar surface area (TPSA) is 160 Å². The number of aromatic carboxylic acids is 1. The fraction of sp³-hybridized carbons (Fsp3) is 0.0588. The standard InChI is InChI=1S/C17H14N4O6S2.Cr.Na/c1-10-15(19-18-14-5-3-2-4-13(14)17(23)24)16(22)21(20-10)11-6-8-12(9-7-11)28-29(25,26)27;;/h2-9,22H,1H3,(H,23,24)(H,25,26,27);;/q;+2;+1/p-2. The first-order chi connectivity index (χ1) is 13.7. The number of carboxylic acid groups (broad SMARTS) is 1. The first-order valence-corrected chi connectivity index (χ1v) is 10.7. The maximum Gasteiger partial charge on any atom is 2.00 e. The molecular weight excluding hydrogens is 495 g/mol. The van der Waals surface area contributed by atoms with Crippen LogP contribution in [-0.2, 0) is 26.5 Å². The first kappa shape index (κ1) is 27.3. The van der Waals surface area contributed by atoms with Crippen molar-refractivity contribution in [3.05, 3.63) is 59.8 Å². The molecular formula is C17H12CrN4NaO6S2+. The van der Waals surface area contributed by atoms with Crippen LogP contribution in [0.4, 0.5) is 11.4 Å². The van der Waals surface area contributed by atoms with Gasteiger partial charge in [0.25, 0.3) is 0 Å². The van der Waals surface area contributed by atoms with Crippen LogP contribution in [0.25, 0.3) is 5.69 Å². The molecule has 0 atom stereocenters. The summed E-state index contributed by atoms with van der Waals surface area (Å²) in [7, 11) is -3.99. The number of carbonyl (C=O) groups is 1. The Morgan fingerprint density at radius 1 is 1.13 bits per heavy atom. The molecule has 0 unspecified atom stereocenters. The Hall–Kier alpha value is -1.69. The number of carbonyl (C=O) groups excluding carboxylic acids is 1. The molecule has 10 nitrogen and oxygen atoms in total. The molecule has 0 aliphatic rings. The summed E-state index contributed by atoms with van der Waals surface area (Å²) in [5, 5.41) is 35.5. The van der Waals surface area contributed by atoms with Gasteiger partial charge >= 0.3 is 56.1 Å². The van der Waals surface area contributed by atoms with Crippen LogP contribution in [0.5, 0.6) is 5.88 Å². The van der Waals surface area contributed by atoms with Gasteiger partial charge in [-0.1, -0.05) is 18.2 Å². The number of carboxylic acids is 1. The Kier molecular flexibility index (Phi) is 9.93. The van der Waals surface area contributed by atoms with E-state index in [1.807, 2.05) is 0 Å². The molecule has 0 aliphatic heterocycles. The van der Waals surface area contributed by atoms with Crippen molar-refractivity contribution in [3.8, 4) is 11.6 Å². The third-order valence-electron chi connectivity index (χ3n) is 3.65. The summed E-state index contributed by atoms with van der Waals surface area (Å²) in [6.45, 7) is 1.54. The minimum atomic E-state index is -4.25. The summed E-state index contributed by atoms with van der Waals surface area (Å²) in [5.74, 6) is -2.01. The van der Waals surface area contributed by atoms with Crippen molar-refractivity contribution in [2.75, 3.05) is 0 Å². The van der Waals surface area contributed by atoms with Crippen molar-refractivity contribution in [2.45, 2.75) is 11.8 Å². The van der Waals surface area contributed by atoms with Crippen LogP contribution in [0.1, 0.15) is 16.1 Å². The van der Waals surface area contributed by atoms with E-state index >= 15 is 0 Å². The van der Waals surface area contributed by atoms with Crippen molar-refractivity contribution < 1.29 is 74.9 Å². The third-order valence-corrected chi connectivity index (χ3v) is 5.54. The van der Waals surface area contributed by atoms with E-state index in [1.54, 1.807) is 13.0 Å². The van der Waals surface area contributed by atoms with E-state index in [9.17, 15) is 23.4 Å². The summed E-state index contributed by atoms with van der Waals surface area (Å²) >= 11 is 0. The molecule has 0 amide bonds. The van der Waals surface area contributed by atoms with Crippen molar-refractivity contribution in [3.63, 3.8) is 0 Å². The maximum absolute atomic E-state index is 12.6.